The van der Waals surface area contributed by atoms with Gasteiger partial charge in [-0.15, -0.1) is 0 Å². The van der Waals surface area contributed by atoms with Crippen LogP contribution >= 0.6 is 0 Å². The van der Waals surface area contributed by atoms with Gasteiger partial charge in [0.2, 0.25) is 5.92 Å². The summed E-state index contributed by atoms with van der Waals surface area (Å²) < 4.78 is 99.0. The molecule has 2 unspecified atom stereocenters. The third-order valence-electron chi connectivity index (χ3n) is 6.02. The minimum absolute atomic E-state index is 0.0585. The molecule has 1 saturated carbocycles. The Morgan fingerprint density at radius 3 is 2.54 bits per heavy atom. The van der Waals surface area contributed by atoms with Crippen LogP contribution in [0.3, 0.4) is 0 Å². The average molecular weight is 518 g/mol. The number of nitrogens with zero attached hydrogens (tertiary/aromatic N) is 1. The molecule has 1 aliphatic rings. The van der Waals surface area contributed by atoms with Gasteiger partial charge in [0.05, 0.1) is 6.10 Å². The molecule has 3 aromatic rings. The number of fused-ring (bicyclic) bond motifs is 1. The average Bonchev–Trinajstić information content (AvgIpc) is 3.26. The first-order valence-electron chi connectivity index (χ1n) is 10.6. The third kappa shape index (κ3) is 5.41. The monoisotopic (exact) mass is 518 g/mol. The van der Waals surface area contributed by atoms with Crippen molar-refractivity contribution in [3.8, 4) is 16.9 Å². The first-order chi connectivity index (χ1) is 16.4. The number of aryl methyl sites for hydroxylation is 1. The fourth-order valence-electron chi connectivity index (χ4n) is 4.26. The molecule has 1 fully saturated rings. The largest absolute Gasteiger partial charge is 0.760 e. The van der Waals surface area contributed by atoms with Crippen LogP contribution in [-0.2, 0) is 18.3 Å². The minimum atomic E-state index is -4.94. The SMILES string of the molecule is Cn1cc(-c2cc(C(NS(=O)[O-])C(F)(F)F)ccc2OC2CCC(F)(F)CC2)c2cc[nH]c2c1=O. The lowest BCUT2D eigenvalue weighted by atomic mass is 9.93. The summed E-state index contributed by atoms with van der Waals surface area (Å²) in [7, 11) is 1.47. The molecular formula is C22H21F5N3O4S-. The van der Waals surface area contributed by atoms with E-state index in [1.807, 2.05) is 0 Å². The van der Waals surface area contributed by atoms with Crippen LogP contribution in [0.5, 0.6) is 5.75 Å². The van der Waals surface area contributed by atoms with Crippen molar-refractivity contribution in [1.29, 1.82) is 0 Å². The zero-order chi connectivity index (χ0) is 25.5. The molecule has 35 heavy (non-hydrogen) atoms. The van der Waals surface area contributed by atoms with Crippen LogP contribution in [0.25, 0.3) is 22.0 Å². The first kappa shape index (κ1) is 25.3. The lowest BCUT2D eigenvalue weighted by molar-refractivity contribution is -0.153. The number of aromatic amines is 1. The summed E-state index contributed by atoms with van der Waals surface area (Å²) >= 11 is -3.21. The molecule has 1 aromatic carbocycles. The molecule has 2 atom stereocenters. The second-order valence-electron chi connectivity index (χ2n) is 8.48. The predicted octanol–water partition coefficient (Wildman–Crippen LogP) is 4.48. The zero-order valence-corrected chi connectivity index (χ0v) is 19.1. The van der Waals surface area contributed by atoms with Crippen LogP contribution in [0.2, 0.25) is 0 Å². The van der Waals surface area contributed by atoms with Crippen molar-refractivity contribution < 1.29 is 35.5 Å². The van der Waals surface area contributed by atoms with E-state index < -0.39 is 41.1 Å². The Morgan fingerprint density at radius 1 is 1.23 bits per heavy atom. The van der Waals surface area contributed by atoms with Gasteiger partial charge in [0.1, 0.15) is 17.3 Å². The van der Waals surface area contributed by atoms with Gasteiger partial charge in [0.25, 0.3) is 5.56 Å². The lowest BCUT2D eigenvalue weighted by Crippen LogP contribution is -2.35. The highest BCUT2D eigenvalue weighted by Crippen LogP contribution is 2.42. The third-order valence-corrected chi connectivity index (χ3v) is 6.45. The van der Waals surface area contributed by atoms with E-state index >= 15 is 0 Å². The molecule has 0 radical (unpaired) electrons. The maximum Gasteiger partial charge on any atom is 0.408 e. The highest BCUT2D eigenvalue weighted by Gasteiger charge is 2.41. The number of hydrogen-bond donors (Lipinski definition) is 2. The van der Waals surface area contributed by atoms with Crippen LogP contribution in [0.1, 0.15) is 37.3 Å². The van der Waals surface area contributed by atoms with E-state index in [-0.39, 0.29) is 48.1 Å². The molecule has 2 N–H and O–H groups in total. The molecule has 0 aliphatic heterocycles. The van der Waals surface area contributed by atoms with Crippen molar-refractivity contribution in [3.05, 3.63) is 52.6 Å². The first-order valence-corrected chi connectivity index (χ1v) is 11.7. The second-order valence-corrected chi connectivity index (χ2v) is 9.19. The standard InChI is InChI=1S/C22H22F5N3O4S/c1-30-11-16(14-6-9-28-18(14)20(30)31)15-10-12(19(22(25,26)27)29-35(32)33)2-3-17(15)34-13-4-7-21(23,24)8-5-13/h2-3,6,9-11,13,19,28-29H,4-5,7-8H2,1H3,(H,32,33)/p-1. The Bertz CT molecular complexity index is 1310. The quantitative estimate of drug-likeness (QED) is 0.371. The number of aromatic nitrogens is 2. The number of H-pyrrole nitrogens is 1. The van der Waals surface area contributed by atoms with E-state index in [0.717, 1.165) is 12.1 Å². The Balaban J connectivity index is 1.85. The summed E-state index contributed by atoms with van der Waals surface area (Å²) in [5.41, 5.74) is -0.0432. The summed E-state index contributed by atoms with van der Waals surface area (Å²) in [6.07, 6.45) is -3.22. The maximum absolute atomic E-state index is 13.7. The molecule has 0 bridgehead atoms. The molecule has 7 nitrogen and oxygen atoms in total. The predicted molar refractivity (Wildman–Crippen MR) is 118 cm³/mol. The van der Waals surface area contributed by atoms with Gasteiger partial charge in [0, 0.05) is 60.1 Å². The van der Waals surface area contributed by atoms with Crippen molar-refractivity contribution in [2.75, 3.05) is 0 Å². The van der Waals surface area contributed by atoms with Gasteiger partial charge in [-0.25, -0.2) is 13.5 Å². The van der Waals surface area contributed by atoms with E-state index in [1.54, 1.807) is 6.07 Å². The summed E-state index contributed by atoms with van der Waals surface area (Å²) in [5, 5.41) is 0.411. The Kier molecular flexibility index (Phi) is 6.77. The van der Waals surface area contributed by atoms with Crippen LogP contribution in [-0.4, -0.2) is 36.5 Å². The smallest absolute Gasteiger partial charge is 0.408 e. The number of nitrogens with one attached hydrogen (secondary N) is 2. The van der Waals surface area contributed by atoms with E-state index in [9.17, 15) is 35.5 Å². The molecular weight excluding hydrogens is 497 g/mol. The van der Waals surface area contributed by atoms with Gasteiger partial charge < -0.3 is 18.8 Å². The minimum Gasteiger partial charge on any atom is -0.760 e. The second kappa shape index (κ2) is 9.36. The number of halogens is 5. The summed E-state index contributed by atoms with van der Waals surface area (Å²) in [6, 6.07) is 2.52. The highest BCUT2D eigenvalue weighted by molar-refractivity contribution is 7.77. The van der Waals surface area contributed by atoms with E-state index in [0.29, 0.717) is 10.9 Å². The molecule has 4 rings (SSSR count). The van der Waals surface area contributed by atoms with Crippen molar-refractivity contribution in [1.82, 2.24) is 14.3 Å². The number of rotatable bonds is 6. The van der Waals surface area contributed by atoms with Gasteiger partial charge in [-0.3, -0.25) is 9.00 Å². The lowest BCUT2D eigenvalue weighted by Gasteiger charge is -2.30. The normalized spacial score (nSPS) is 18.5. The van der Waals surface area contributed by atoms with Gasteiger partial charge in [-0.1, -0.05) is 6.07 Å². The van der Waals surface area contributed by atoms with Crippen molar-refractivity contribution in [2.24, 2.45) is 7.05 Å². The number of benzene rings is 1. The van der Waals surface area contributed by atoms with Crippen LogP contribution in [0, 0.1) is 0 Å². The summed E-state index contributed by atoms with van der Waals surface area (Å²) in [5.74, 6) is -2.66. The molecule has 0 saturated heterocycles. The number of hydrogen-bond acceptors (Lipinski definition) is 4. The van der Waals surface area contributed by atoms with Crippen molar-refractivity contribution in [3.63, 3.8) is 0 Å². The van der Waals surface area contributed by atoms with Gasteiger partial charge >= 0.3 is 6.18 Å². The van der Waals surface area contributed by atoms with E-state index in [2.05, 4.69) is 4.98 Å². The molecule has 2 heterocycles. The number of ether oxygens (including phenoxy) is 1. The number of pyridine rings is 1. The van der Waals surface area contributed by atoms with Crippen molar-refractivity contribution in [2.45, 2.75) is 49.9 Å². The van der Waals surface area contributed by atoms with Crippen LogP contribution < -0.4 is 15.0 Å². The Morgan fingerprint density at radius 2 is 1.91 bits per heavy atom. The Hall–Kier alpha value is -2.77. The van der Waals surface area contributed by atoms with Gasteiger partial charge in [0.15, 0.2) is 0 Å². The summed E-state index contributed by atoms with van der Waals surface area (Å²) in [4.78, 5) is 15.3. The fourth-order valence-corrected chi connectivity index (χ4v) is 4.72. The van der Waals surface area contributed by atoms with E-state index in [1.165, 1.54) is 34.8 Å². The summed E-state index contributed by atoms with van der Waals surface area (Å²) in [6.45, 7) is 0. The Labute approximate surface area is 198 Å². The van der Waals surface area contributed by atoms with Crippen molar-refractivity contribution >= 4 is 22.2 Å². The highest BCUT2D eigenvalue weighted by atomic mass is 32.2. The molecule has 190 valence electrons. The number of alkyl halides is 5. The van der Waals surface area contributed by atoms with Gasteiger partial charge in [-0.05, 0) is 36.6 Å². The molecule has 13 heteroatoms. The van der Waals surface area contributed by atoms with Gasteiger partial charge in [-0.2, -0.15) is 13.2 Å². The van der Waals surface area contributed by atoms with E-state index in [4.69, 9.17) is 4.74 Å². The van der Waals surface area contributed by atoms with Crippen LogP contribution in [0.15, 0.2) is 41.5 Å². The van der Waals surface area contributed by atoms with Crippen LogP contribution in [0.4, 0.5) is 22.0 Å². The zero-order valence-electron chi connectivity index (χ0n) is 18.3. The maximum atomic E-state index is 13.7. The fraction of sp³-hybridized carbons (Fsp3) is 0.409. The molecule has 2 aromatic heterocycles. The molecule has 0 amide bonds. The molecule has 0 spiro atoms. The molecule has 1 aliphatic carbocycles. The topological polar surface area (TPSA) is 99.2 Å².